The van der Waals surface area contributed by atoms with E-state index in [1.807, 2.05) is 0 Å². The third kappa shape index (κ3) is 1.81. The van der Waals surface area contributed by atoms with Gasteiger partial charge in [0.25, 0.3) is 0 Å². The predicted molar refractivity (Wildman–Crippen MR) is 49.0 cm³/mol. The topological polar surface area (TPSA) is 132 Å². The van der Waals surface area contributed by atoms with Gasteiger partial charge in [-0.25, -0.2) is 0 Å². The number of aliphatic hydroxyl groups excluding tert-OH is 4. The molecule has 2 heterocycles. The summed E-state index contributed by atoms with van der Waals surface area (Å²) >= 11 is 0. The minimum Gasteiger partial charge on any atom is -0.390 e. The maximum Gasteiger partial charge on any atom is 0.132 e. The van der Waals surface area contributed by atoms with Crippen molar-refractivity contribution in [2.45, 2.75) is 31.0 Å². The Balaban J connectivity index is 2.21. The van der Waals surface area contributed by atoms with Crippen LogP contribution >= 0.6 is 0 Å². The van der Waals surface area contributed by atoms with Crippen molar-refractivity contribution in [3.05, 3.63) is 11.4 Å². The summed E-state index contributed by atoms with van der Waals surface area (Å²) in [6.07, 6.45) is -4.64. The van der Waals surface area contributed by atoms with E-state index >= 15 is 0 Å². The molecule has 16 heavy (non-hydrogen) atoms. The third-order valence-electron chi connectivity index (χ3n) is 2.57. The van der Waals surface area contributed by atoms with E-state index in [1.165, 1.54) is 0 Å². The summed E-state index contributed by atoms with van der Waals surface area (Å²) < 4.78 is 5.17. The second-order valence-electron chi connectivity index (χ2n) is 3.62. The van der Waals surface area contributed by atoms with Gasteiger partial charge in [-0.2, -0.15) is 15.4 Å². The quantitative estimate of drug-likeness (QED) is 0.378. The molecule has 4 atom stereocenters. The summed E-state index contributed by atoms with van der Waals surface area (Å²) in [4.78, 5) is 0. The molecule has 0 aromatic carbocycles. The fraction of sp³-hybridized carbons (Fsp3) is 0.750. The molecule has 0 saturated carbocycles. The van der Waals surface area contributed by atoms with Gasteiger partial charge in [0, 0.05) is 0 Å². The molecule has 0 radical (unpaired) electrons. The molecule has 0 spiro atoms. The number of hydrogen-bond donors (Lipinski definition) is 5. The van der Waals surface area contributed by atoms with Crippen molar-refractivity contribution in [3.8, 4) is 0 Å². The van der Waals surface area contributed by atoms with Crippen LogP contribution in [0.15, 0.2) is 0 Å². The first-order valence-corrected chi connectivity index (χ1v) is 4.81. The van der Waals surface area contributed by atoms with Crippen molar-refractivity contribution in [1.82, 2.24) is 15.4 Å². The molecule has 1 aliphatic heterocycles. The zero-order chi connectivity index (χ0) is 11.7. The van der Waals surface area contributed by atoms with Gasteiger partial charge in [-0.3, -0.25) is 0 Å². The number of nitrogens with zero attached hydrogens (tertiary/aromatic N) is 2. The molecule has 5 N–H and O–H groups in total. The minimum absolute atomic E-state index is 0.110. The molecule has 0 amide bonds. The highest BCUT2D eigenvalue weighted by molar-refractivity contribution is 5.14. The summed E-state index contributed by atoms with van der Waals surface area (Å²) in [7, 11) is 0. The summed E-state index contributed by atoms with van der Waals surface area (Å²) in [5, 5.41) is 47.1. The Morgan fingerprint density at radius 3 is 2.69 bits per heavy atom. The molecule has 0 bridgehead atoms. The lowest BCUT2D eigenvalue weighted by Gasteiger charge is -2.34. The van der Waals surface area contributed by atoms with Crippen LogP contribution in [0, 0.1) is 0 Å². The second-order valence-corrected chi connectivity index (χ2v) is 3.62. The van der Waals surface area contributed by atoms with Gasteiger partial charge in [-0.15, -0.1) is 0 Å². The fourth-order valence-electron chi connectivity index (χ4n) is 1.65. The van der Waals surface area contributed by atoms with Gasteiger partial charge in [0.15, 0.2) is 0 Å². The van der Waals surface area contributed by atoms with Crippen molar-refractivity contribution >= 4 is 0 Å². The molecular weight excluding hydrogens is 218 g/mol. The van der Waals surface area contributed by atoms with Crippen LogP contribution in [0.3, 0.4) is 0 Å². The molecule has 1 aliphatic rings. The standard InChI is InChI=1S/C8H13N3O5/c12-1-3-5(10-11-9-3)8-7(15)6(14)4(13)2-16-8/h4,6-8,12-15H,1-2H2,(H,9,10,11)/t4-,6+,7-,8?/m1/s1. The molecule has 1 aromatic heterocycles. The summed E-state index contributed by atoms with van der Waals surface area (Å²) in [5.41, 5.74) is 0.480. The van der Waals surface area contributed by atoms with Crippen LogP contribution < -0.4 is 0 Å². The van der Waals surface area contributed by atoms with Crippen LogP contribution in [0.4, 0.5) is 0 Å². The van der Waals surface area contributed by atoms with E-state index in [2.05, 4.69) is 15.4 Å². The van der Waals surface area contributed by atoms with E-state index in [1.54, 1.807) is 0 Å². The lowest BCUT2D eigenvalue weighted by Crippen LogP contribution is -2.49. The van der Waals surface area contributed by atoms with Crippen LogP contribution in [0.5, 0.6) is 0 Å². The highest BCUT2D eigenvalue weighted by Gasteiger charge is 2.40. The zero-order valence-electron chi connectivity index (χ0n) is 8.32. The molecule has 1 saturated heterocycles. The maximum absolute atomic E-state index is 9.70. The fourth-order valence-corrected chi connectivity index (χ4v) is 1.65. The van der Waals surface area contributed by atoms with E-state index in [0.29, 0.717) is 0 Å². The molecule has 90 valence electrons. The van der Waals surface area contributed by atoms with Crippen molar-refractivity contribution in [2.24, 2.45) is 0 Å². The summed E-state index contributed by atoms with van der Waals surface area (Å²) in [5.74, 6) is 0. The monoisotopic (exact) mass is 231 g/mol. The van der Waals surface area contributed by atoms with Crippen molar-refractivity contribution in [2.75, 3.05) is 6.61 Å². The van der Waals surface area contributed by atoms with Crippen LogP contribution in [-0.2, 0) is 11.3 Å². The highest BCUT2D eigenvalue weighted by Crippen LogP contribution is 2.28. The van der Waals surface area contributed by atoms with Gasteiger partial charge in [0.1, 0.15) is 35.8 Å². The molecule has 1 fully saturated rings. The van der Waals surface area contributed by atoms with E-state index in [0.717, 1.165) is 0 Å². The Hall–Kier alpha value is -1.06. The van der Waals surface area contributed by atoms with E-state index < -0.39 is 24.4 Å². The Bertz CT molecular complexity index is 357. The number of aromatic amines is 1. The van der Waals surface area contributed by atoms with Crippen molar-refractivity contribution in [1.29, 1.82) is 0 Å². The lowest BCUT2D eigenvalue weighted by atomic mass is 9.97. The Morgan fingerprint density at radius 1 is 1.25 bits per heavy atom. The number of rotatable bonds is 2. The normalized spacial score (nSPS) is 35.2. The first-order chi connectivity index (χ1) is 7.65. The SMILES string of the molecule is OCc1n[nH]nc1C1OC[C@@H](O)[C@H](O)[C@H]1O. The molecule has 8 nitrogen and oxygen atoms in total. The Kier molecular flexibility index (Phi) is 3.17. The van der Waals surface area contributed by atoms with E-state index in [-0.39, 0.29) is 24.6 Å². The van der Waals surface area contributed by atoms with Gasteiger partial charge in [-0.05, 0) is 0 Å². The Labute approximate surface area is 90.5 Å². The molecule has 8 heteroatoms. The smallest absolute Gasteiger partial charge is 0.132 e. The van der Waals surface area contributed by atoms with Crippen molar-refractivity contribution in [3.63, 3.8) is 0 Å². The first kappa shape index (κ1) is 11.4. The Morgan fingerprint density at radius 2 is 2.00 bits per heavy atom. The summed E-state index contributed by atoms with van der Waals surface area (Å²) in [6.45, 7) is -0.461. The van der Waals surface area contributed by atoms with Gasteiger partial charge >= 0.3 is 0 Å². The molecule has 0 aliphatic carbocycles. The van der Waals surface area contributed by atoms with Gasteiger partial charge in [0.05, 0.1) is 13.2 Å². The summed E-state index contributed by atoms with van der Waals surface area (Å²) in [6, 6.07) is 0. The molecule has 2 rings (SSSR count). The predicted octanol–water partition coefficient (Wildman–Crippen LogP) is -2.55. The molecule has 1 aromatic rings. The van der Waals surface area contributed by atoms with E-state index in [9.17, 15) is 15.3 Å². The average Bonchev–Trinajstić information content (AvgIpc) is 2.74. The van der Waals surface area contributed by atoms with Gasteiger partial charge in [-0.1, -0.05) is 0 Å². The minimum atomic E-state index is -1.31. The third-order valence-corrected chi connectivity index (χ3v) is 2.57. The average molecular weight is 231 g/mol. The van der Waals surface area contributed by atoms with Crippen LogP contribution in [0.1, 0.15) is 17.5 Å². The number of aliphatic hydroxyl groups is 4. The maximum atomic E-state index is 9.70. The largest absolute Gasteiger partial charge is 0.390 e. The van der Waals surface area contributed by atoms with Crippen molar-refractivity contribution < 1.29 is 25.2 Å². The number of hydrogen-bond acceptors (Lipinski definition) is 7. The van der Waals surface area contributed by atoms with Crippen LogP contribution in [0.2, 0.25) is 0 Å². The zero-order valence-corrected chi connectivity index (χ0v) is 8.32. The number of ether oxygens (including phenoxy) is 1. The number of aromatic nitrogens is 3. The van der Waals surface area contributed by atoms with Crippen LogP contribution in [0.25, 0.3) is 0 Å². The molecular formula is C8H13N3O5. The highest BCUT2D eigenvalue weighted by atomic mass is 16.5. The van der Waals surface area contributed by atoms with Gasteiger partial charge in [0.2, 0.25) is 0 Å². The number of nitrogens with one attached hydrogen (secondary N) is 1. The number of H-pyrrole nitrogens is 1. The van der Waals surface area contributed by atoms with Crippen LogP contribution in [-0.4, -0.2) is 60.8 Å². The second kappa shape index (κ2) is 4.44. The first-order valence-electron chi connectivity index (χ1n) is 4.81. The lowest BCUT2D eigenvalue weighted by molar-refractivity contribution is -0.190. The van der Waals surface area contributed by atoms with Gasteiger partial charge < -0.3 is 25.2 Å². The van der Waals surface area contributed by atoms with E-state index in [4.69, 9.17) is 9.84 Å². The molecule has 1 unspecified atom stereocenters.